The van der Waals surface area contributed by atoms with E-state index in [1.54, 1.807) is 18.4 Å². The van der Waals surface area contributed by atoms with Gasteiger partial charge in [-0.05, 0) is 64.5 Å². The van der Waals surface area contributed by atoms with Crippen molar-refractivity contribution in [2.75, 3.05) is 18.8 Å². The van der Waals surface area contributed by atoms with Crippen molar-refractivity contribution in [3.8, 4) is 0 Å². The third-order valence-corrected chi connectivity index (χ3v) is 15.9. The summed E-state index contributed by atoms with van der Waals surface area (Å²) in [7, 11) is -24.7. The molecule has 0 radical (unpaired) electrons. The predicted molar refractivity (Wildman–Crippen MR) is 203 cm³/mol. The van der Waals surface area contributed by atoms with Gasteiger partial charge < -0.3 is 0 Å². The van der Waals surface area contributed by atoms with Crippen LogP contribution in [0.2, 0.25) is 0 Å². The quantitative estimate of drug-likeness (QED) is 0.0300. The lowest BCUT2D eigenvalue weighted by Gasteiger charge is -2.37. The van der Waals surface area contributed by atoms with Crippen LogP contribution in [0.4, 0.5) is 11.4 Å². The van der Waals surface area contributed by atoms with Crippen LogP contribution >= 0.6 is 12.0 Å². The van der Waals surface area contributed by atoms with Crippen molar-refractivity contribution in [1.82, 2.24) is 4.48 Å². The summed E-state index contributed by atoms with van der Waals surface area (Å²) in [6.45, 7) is 5.74. The molecule has 0 bridgehead atoms. The SMILES string of the molecule is CC1(C)C(C=C/C=C2\C(C)(C)c3c(S(=O)(=O)O)ccc(S(=O)(=O)O)c3[N+]23CCCC3S(=O)(=O)O)=[N+](CCCCS(=O)(=O)O)c2c(SOOO)ccc(S(=O)(=O)O)c21. The summed E-state index contributed by atoms with van der Waals surface area (Å²) in [5.41, 5.74) is -3.44. The summed E-state index contributed by atoms with van der Waals surface area (Å²) < 4.78 is 182. The van der Waals surface area contributed by atoms with Gasteiger partial charge in [0.2, 0.25) is 11.1 Å². The maximum absolute atomic E-state index is 13.1. The molecule has 0 aromatic heterocycles. The Morgan fingerprint density at radius 2 is 1.37 bits per heavy atom. The Labute approximate surface area is 333 Å². The summed E-state index contributed by atoms with van der Waals surface area (Å²) in [6.07, 6.45) is 3.96. The fourth-order valence-electron chi connectivity index (χ4n) is 8.51. The third kappa shape index (κ3) is 8.27. The molecule has 0 amide bonds. The number of hydrogen-bond acceptors (Lipinski definition) is 14. The van der Waals surface area contributed by atoms with Crippen molar-refractivity contribution in [2.45, 2.75) is 89.2 Å². The Morgan fingerprint density at radius 1 is 0.807 bits per heavy atom. The number of allylic oxidation sites excluding steroid dienone is 4. The monoisotopic (exact) mass is 920 g/mol. The van der Waals surface area contributed by atoms with Crippen molar-refractivity contribution in [2.24, 2.45) is 0 Å². The van der Waals surface area contributed by atoms with Gasteiger partial charge in [-0.1, -0.05) is 11.1 Å². The molecule has 2 aromatic carbocycles. The molecule has 6 N–H and O–H groups in total. The number of fused-ring (bicyclic) bond motifs is 3. The molecule has 3 aliphatic rings. The van der Waals surface area contributed by atoms with E-state index in [2.05, 4.69) is 9.37 Å². The first-order valence-electron chi connectivity index (χ1n) is 16.7. The Balaban J connectivity index is 1.84. The lowest BCUT2D eigenvalue weighted by molar-refractivity contribution is -0.442. The van der Waals surface area contributed by atoms with Gasteiger partial charge in [0.1, 0.15) is 26.9 Å². The van der Waals surface area contributed by atoms with E-state index < -0.39 is 97.4 Å². The van der Waals surface area contributed by atoms with Gasteiger partial charge in [-0.3, -0.25) is 22.8 Å². The highest BCUT2D eigenvalue weighted by atomic mass is 32.2. The first kappa shape index (κ1) is 45.4. The summed E-state index contributed by atoms with van der Waals surface area (Å²) in [4.78, 5) is -2.02. The molecule has 2 atom stereocenters. The first-order valence-corrected chi connectivity index (χ1v) is 24.9. The summed E-state index contributed by atoms with van der Waals surface area (Å²) in [5, 5.41) is 10.8. The van der Waals surface area contributed by atoms with Crippen LogP contribution in [0.5, 0.6) is 0 Å². The van der Waals surface area contributed by atoms with Gasteiger partial charge in [0.15, 0.2) is 16.3 Å². The molecule has 1 spiro atoms. The molecule has 2 unspecified atom stereocenters. The fraction of sp³-hybridized carbons (Fsp3) is 0.452. The van der Waals surface area contributed by atoms with Gasteiger partial charge in [-0.15, -0.1) is 4.33 Å². The summed E-state index contributed by atoms with van der Waals surface area (Å²) >= 11 is 0.456. The zero-order valence-electron chi connectivity index (χ0n) is 30.5. The van der Waals surface area contributed by atoms with Gasteiger partial charge in [0, 0.05) is 25.3 Å². The Bertz CT molecular complexity index is 2690. The Kier molecular flexibility index (Phi) is 12.0. The minimum atomic E-state index is -5.21. The average Bonchev–Trinajstić information content (AvgIpc) is 3.65. The molecule has 20 nitrogen and oxygen atoms in total. The molecule has 316 valence electrons. The standard InChI is InChI=1S/C31H38N2O18S6/c1-30(2)23(32(16-5-6-18-53(35,36)37)28-19(52-51-50-34)12-13-20(26(28)30)54(38,39)40)9-7-10-24-31(3,4)27-21(55(41,42)43)14-15-22(56(44,45)46)29(27)33(24)17-8-11-25(33)57(47,48)49/h7,9-10,12-15,25H,5-6,8,11,16-18H2,1-4H3,(H4-2,34,35,36,37,38,39,40,41,42,43,44,45,46,47,48,49)/p+2/b9-7?,24-10+. The molecule has 2 aromatic rings. The zero-order valence-corrected chi connectivity index (χ0v) is 35.4. The van der Waals surface area contributed by atoms with Crippen molar-refractivity contribution >= 4 is 79.7 Å². The second-order valence-corrected chi connectivity index (χ2v) is 22.7. The van der Waals surface area contributed by atoms with Gasteiger partial charge in [-0.2, -0.15) is 46.7 Å². The predicted octanol–water partition coefficient (Wildman–Crippen LogP) is 3.65. The van der Waals surface area contributed by atoms with Crippen molar-refractivity contribution in [1.29, 1.82) is 0 Å². The third-order valence-electron chi connectivity index (χ3n) is 10.5. The van der Waals surface area contributed by atoms with Gasteiger partial charge in [-0.25, -0.2) is 9.74 Å². The van der Waals surface area contributed by atoms with Gasteiger partial charge in [0.25, 0.3) is 40.5 Å². The average molecular weight is 921 g/mol. The molecular formula is C31H40N2O18S6+2. The van der Waals surface area contributed by atoms with Crippen LogP contribution in [0.25, 0.3) is 0 Å². The van der Waals surface area contributed by atoms with E-state index in [1.165, 1.54) is 38.1 Å². The van der Waals surface area contributed by atoms with Gasteiger partial charge in [0.05, 0.1) is 46.3 Å². The maximum Gasteiger partial charge on any atom is 0.320 e. The van der Waals surface area contributed by atoms with E-state index in [9.17, 15) is 64.9 Å². The van der Waals surface area contributed by atoms with Crippen molar-refractivity contribution in [3.63, 3.8) is 0 Å². The number of unbranched alkanes of at least 4 members (excludes halogenated alkanes) is 1. The van der Waals surface area contributed by atoms with E-state index in [0.717, 1.165) is 12.1 Å². The molecule has 1 saturated heterocycles. The number of rotatable bonds is 14. The molecule has 57 heavy (non-hydrogen) atoms. The second-order valence-electron chi connectivity index (χ2n) is 14.6. The van der Waals surface area contributed by atoms with Gasteiger partial charge >= 0.3 is 10.1 Å². The smallest absolute Gasteiger partial charge is 0.286 e. The lowest BCUT2D eigenvalue weighted by Crippen LogP contribution is -2.55. The summed E-state index contributed by atoms with van der Waals surface area (Å²) in [6, 6.07) is 3.80. The molecular weight excluding hydrogens is 881 g/mol. The van der Waals surface area contributed by atoms with E-state index in [4.69, 9.17) is 5.26 Å². The van der Waals surface area contributed by atoms with E-state index in [1.807, 2.05) is 0 Å². The van der Waals surface area contributed by atoms with E-state index >= 15 is 0 Å². The Hall–Kier alpha value is -2.67. The van der Waals surface area contributed by atoms with Crippen LogP contribution in [-0.2, 0) is 70.8 Å². The highest BCUT2D eigenvalue weighted by molar-refractivity contribution is 7.94. The van der Waals surface area contributed by atoms with E-state index in [0.29, 0.717) is 18.1 Å². The summed E-state index contributed by atoms with van der Waals surface area (Å²) in [5.74, 6) is -0.621. The molecule has 0 saturated carbocycles. The highest BCUT2D eigenvalue weighted by Gasteiger charge is 2.65. The fourth-order valence-corrected chi connectivity index (χ4v) is 13.3. The molecule has 3 aliphatic heterocycles. The molecule has 3 heterocycles. The van der Waals surface area contributed by atoms with Crippen LogP contribution in [0.3, 0.4) is 0 Å². The Morgan fingerprint density at radius 3 is 1.91 bits per heavy atom. The molecule has 0 aliphatic carbocycles. The number of hydrogen-bond donors (Lipinski definition) is 6. The largest absolute Gasteiger partial charge is 0.320 e. The van der Waals surface area contributed by atoms with E-state index in [-0.39, 0.29) is 71.9 Å². The van der Waals surface area contributed by atoms with Crippen LogP contribution in [0.15, 0.2) is 67.8 Å². The van der Waals surface area contributed by atoms with Crippen molar-refractivity contribution < 1.29 is 84.1 Å². The van der Waals surface area contributed by atoms with Crippen LogP contribution in [0.1, 0.15) is 64.5 Å². The number of quaternary nitrogens is 1. The van der Waals surface area contributed by atoms with Crippen LogP contribution in [0, 0.1) is 0 Å². The molecule has 1 fully saturated rings. The first-order chi connectivity index (χ1) is 25.9. The maximum atomic E-state index is 13.1. The van der Waals surface area contributed by atoms with Crippen LogP contribution in [-0.4, -0.2) is 105 Å². The van der Waals surface area contributed by atoms with Crippen LogP contribution < -0.4 is 4.48 Å². The van der Waals surface area contributed by atoms with Crippen molar-refractivity contribution in [3.05, 3.63) is 59.3 Å². The molecule has 5 rings (SSSR count). The number of nitrogens with zero attached hydrogens (tertiary/aromatic N) is 2. The minimum absolute atomic E-state index is 0.00635. The topological polar surface area (TPSA) is 314 Å². The minimum Gasteiger partial charge on any atom is -0.286 e. The highest BCUT2D eigenvalue weighted by Crippen LogP contribution is 2.61. The normalized spacial score (nSPS) is 22.9. The molecule has 26 heteroatoms. The number of benzene rings is 2. The lowest BCUT2D eigenvalue weighted by atomic mass is 9.81. The zero-order chi connectivity index (χ0) is 42.9. The second kappa shape index (κ2) is 15.1.